The van der Waals surface area contributed by atoms with Gasteiger partial charge in [-0.1, -0.05) is 30.3 Å². The summed E-state index contributed by atoms with van der Waals surface area (Å²) in [5, 5.41) is 3.05. The Morgan fingerprint density at radius 2 is 1.56 bits per heavy atom. The lowest BCUT2D eigenvalue weighted by molar-refractivity contribution is -0.142. The molecule has 5 rings (SSSR count). The fraction of sp³-hybridized carbons (Fsp3) is 0.559. The highest BCUT2D eigenvalue weighted by Gasteiger charge is 2.35. The lowest BCUT2D eigenvalue weighted by atomic mass is 9.96. The number of piperidine rings is 2. The van der Waals surface area contributed by atoms with E-state index in [4.69, 9.17) is 4.74 Å². The van der Waals surface area contributed by atoms with Crippen molar-refractivity contribution in [2.75, 3.05) is 52.1 Å². The van der Waals surface area contributed by atoms with Crippen LogP contribution in [0, 0.1) is 20.8 Å². The van der Waals surface area contributed by atoms with Crippen molar-refractivity contribution in [3.05, 3.63) is 64.2 Å². The highest BCUT2D eigenvalue weighted by atomic mass is 16.6. The maximum atomic E-state index is 13.8. The molecule has 1 atom stereocenters. The lowest BCUT2D eigenvalue weighted by Gasteiger charge is -2.39. The Bertz CT molecular complexity index is 1300. The van der Waals surface area contributed by atoms with E-state index in [9.17, 15) is 14.4 Å². The van der Waals surface area contributed by atoms with Gasteiger partial charge >= 0.3 is 12.1 Å². The molecule has 1 N–H and O–H groups in total. The molecule has 0 aromatic heterocycles. The van der Waals surface area contributed by atoms with Crippen molar-refractivity contribution in [3.63, 3.8) is 0 Å². The summed E-state index contributed by atoms with van der Waals surface area (Å²) in [5.74, 6) is -0.114. The van der Waals surface area contributed by atoms with Crippen molar-refractivity contribution in [1.82, 2.24) is 19.6 Å². The van der Waals surface area contributed by atoms with Crippen LogP contribution in [-0.2, 0) is 22.4 Å². The third-order valence-corrected chi connectivity index (χ3v) is 9.74. The van der Waals surface area contributed by atoms with Gasteiger partial charge in [0, 0.05) is 56.9 Å². The van der Waals surface area contributed by atoms with Gasteiger partial charge in [-0.3, -0.25) is 4.79 Å². The predicted octanol–water partition coefficient (Wildman–Crippen LogP) is 4.77. The van der Waals surface area contributed by atoms with Crippen LogP contribution in [0.1, 0.15) is 53.5 Å². The zero-order valence-electron chi connectivity index (χ0n) is 26.4. The first-order valence-corrected chi connectivity index (χ1v) is 15.7. The highest BCUT2D eigenvalue weighted by molar-refractivity contribution is 5.91. The number of para-hydroxylation sites is 1. The molecule has 3 aliphatic rings. The lowest BCUT2D eigenvalue weighted by Crippen LogP contribution is -2.52. The summed E-state index contributed by atoms with van der Waals surface area (Å²) in [6.07, 6.45) is 2.98. The summed E-state index contributed by atoms with van der Waals surface area (Å²) in [6, 6.07) is 12.5. The number of rotatable bonds is 6. The molecule has 3 aliphatic heterocycles. The maximum absolute atomic E-state index is 13.8. The average molecular weight is 590 g/mol. The van der Waals surface area contributed by atoms with E-state index in [2.05, 4.69) is 63.3 Å². The zero-order valence-corrected chi connectivity index (χ0v) is 26.4. The standard InChI is InChI=1S/C34H47N5O4/c1-23-20-26(21-24(2)25(23)3)22-31(32(40)37-15-11-28(12-16-37)36(4)5)43-34(42)38-17-13-29(14-18-38)39-19-10-27-8-6-7-9-30(27)35-33(39)41/h6-9,20-21,28-29,31H,10-19,22H2,1-5H3,(H,35,41). The number of hydrogen-bond donors (Lipinski definition) is 1. The van der Waals surface area contributed by atoms with Crippen LogP contribution in [0.25, 0.3) is 0 Å². The number of urea groups is 1. The SMILES string of the molecule is Cc1cc(CC(OC(=O)N2CCC(N3CCc4ccccc4NC3=O)CC2)C(=O)N2CCC(N(C)C)CC2)cc(C)c1C. The number of ether oxygens (including phenoxy) is 1. The smallest absolute Gasteiger partial charge is 0.410 e. The van der Waals surface area contributed by atoms with Gasteiger partial charge in [0.15, 0.2) is 6.10 Å². The number of carbonyl (C=O) groups excluding carboxylic acids is 3. The first-order valence-electron chi connectivity index (χ1n) is 15.7. The number of aryl methyl sites for hydroxylation is 2. The number of fused-ring (bicyclic) bond motifs is 1. The van der Waals surface area contributed by atoms with E-state index in [1.54, 1.807) is 4.90 Å². The van der Waals surface area contributed by atoms with Crippen LogP contribution >= 0.6 is 0 Å². The van der Waals surface area contributed by atoms with Gasteiger partial charge in [0.25, 0.3) is 5.91 Å². The fourth-order valence-corrected chi connectivity index (χ4v) is 6.74. The summed E-state index contributed by atoms with van der Waals surface area (Å²) in [5.41, 5.74) is 6.58. The number of amides is 4. The number of benzene rings is 2. The van der Waals surface area contributed by atoms with Crippen LogP contribution < -0.4 is 5.32 Å². The first kappa shape index (κ1) is 30.9. The summed E-state index contributed by atoms with van der Waals surface area (Å²) >= 11 is 0. The molecule has 0 bridgehead atoms. The molecule has 0 saturated carbocycles. The second-order valence-corrected chi connectivity index (χ2v) is 12.7. The third kappa shape index (κ3) is 7.15. The van der Waals surface area contributed by atoms with Gasteiger partial charge < -0.3 is 29.7 Å². The molecular formula is C34H47N5O4. The van der Waals surface area contributed by atoms with Gasteiger partial charge in [0.1, 0.15) is 0 Å². The number of nitrogens with one attached hydrogen (secondary N) is 1. The normalized spacial score (nSPS) is 19.1. The Kier molecular flexibility index (Phi) is 9.59. The molecule has 2 saturated heterocycles. The summed E-state index contributed by atoms with van der Waals surface area (Å²) < 4.78 is 6.05. The van der Waals surface area contributed by atoms with Gasteiger partial charge in [0.05, 0.1) is 0 Å². The van der Waals surface area contributed by atoms with Crippen molar-refractivity contribution in [2.45, 2.75) is 77.5 Å². The number of anilines is 1. The van der Waals surface area contributed by atoms with Gasteiger partial charge in [0.2, 0.25) is 0 Å². The van der Waals surface area contributed by atoms with Gasteiger partial charge in [-0.2, -0.15) is 0 Å². The van der Waals surface area contributed by atoms with Gasteiger partial charge in [-0.15, -0.1) is 0 Å². The number of hydrogen-bond acceptors (Lipinski definition) is 5. The van der Waals surface area contributed by atoms with E-state index in [1.165, 1.54) is 16.7 Å². The van der Waals surface area contributed by atoms with Crippen molar-refractivity contribution in [3.8, 4) is 0 Å². The molecule has 9 heteroatoms. The van der Waals surface area contributed by atoms with Gasteiger partial charge in [-0.05, 0) is 101 Å². The monoisotopic (exact) mass is 589 g/mol. The molecular weight excluding hydrogens is 542 g/mol. The Hall–Kier alpha value is -3.59. The first-order chi connectivity index (χ1) is 20.6. The Balaban J connectivity index is 1.23. The molecule has 232 valence electrons. The van der Waals surface area contributed by atoms with Crippen LogP contribution in [-0.4, -0.2) is 103 Å². The zero-order chi connectivity index (χ0) is 30.7. The van der Waals surface area contributed by atoms with Crippen molar-refractivity contribution in [1.29, 1.82) is 0 Å². The highest BCUT2D eigenvalue weighted by Crippen LogP contribution is 2.26. The minimum absolute atomic E-state index is 0.0484. The third-order valence-electron chi connectivity index (χ3n) is 9.74. The maximum Gasteiger partial charge on any atom is 0.410 e. The Labute approximate surface area is 256 Å². The molecule has 2 aromatic carbocycles. The topological polar surface area (TPSA) is 85.4 Å². The van der Waals surface area contributed by atoms with Crippen LogP contribution in [0.2, 0.25) is 0 Å². The minimum atomic E-state index is -0.877. The largest absolute Gasteiger partial charge is 0.436 e. The Morgan fingerprint density at radius 3 is 2.21 bits per heavy atom. The molecule has 9 nitrogen and oxygen atoms in total. The van der Waals surface area contributed by atoms with Crippen LogP contribution in [0.4, 0.5) is 15.3 Å². The summed E-state index contributed by atoms with van der Waals surface area (Å²) in [7, 11) is 4.16. The van der Waals surface area contributed by atoms with Crippen LogP contribution in [0.15, 0.2) is 36.4 Å². The molecule has 0 radical (unpaired) electrons. The molecule has 0 aliphatic carbocycles. The summed E-state index contributed by atoms with van der Waals surface area (Å²) in [6.45, 7) is 9.19. The quantitative estimate of drug-likeness (QED) is 0.525. The molecule has 3 heterocycles. The molecule has 2 fully saturated rings. The second kappa shape index (κ2) is 13.4. The van der Waals surface area contributed by atoms with E-state index >= 15 is 0 Å². The number of likely N-dealkylation sites (tertiary alicyclic amines) is 2. The van der Waals surface area contributed by atoms with E-state index in [-0.39, 0.29) is 18.0 Å². The molecule has 2 aromatic rings. The average Bonchev–Trinajstić information content (AvgIpc) is 3.17. The minimum Gasteiger partial charge on any atom is -0.436 e. The number of carbonyl (C=O) groups is 3. The van der Waals surface area contributed by atoms with Crippen molar-refractivity contribution >= 4 is 23.7 Å². The fourth-order valence-electron chi connectivity index (χ4n) is 6.74. The van der Waals surface area contributed by atoms with Gasteiger partial charge in [-0.25, -0.2) is 9.59 Å². The molecule has 1 unspecified atom stereocenters. The molecule has 43 heavy (non-hydrogen) atoms. The second-order valence-electron chi connectivity index (χ2n) is 12.7. The van der Waals surface area contributed by atoms with Crippen molar-refractivity contribution < 1.29 is 19.1 Å². The molecule has 4 amide bonds. The number of nitrogens with zero attached hydrogens (tertiary/aromatic N) is 4. The summed E-state index contributed by atoms with van der Waals surface area (Å²) in [4.78, 5) is 48.0. The Morgan fingerprint density at radius 1 is 0.930 bits per heavy atom. The van der Waals surface area contributed by atoms with E-state index in [1.807, 2.05) is 28.0 Å². The molecule has 0 spiro atoms. The van der Waals surface area contributed by atoms with Crippen LogP contribution in [0.3, 0.4) is 0 Å². The van der Waals surface area contributed by atoms with Crippen LogP contribution in [0.5, 0.6) is 0 Å². The van der Waals surface area contributed by atoms with Crippen molar-refractivity contribution in [2.24, 2.45) is 0 Å². The van der Waals surface area contributed by atoms with E-state index < -0.39 is 12.2 Å². The predicted molar refractivity (Wildman–Crippen MR) is 168 cm³/mol. The van der Waals surface area contributed by atoms with E-state index in [0.717, 1.165) is 36.1 Å². The van der Waals surface area contributed by atoms with E-state index in [0.29, 0.717) is 58.0 Å².